The lowest BCUT2D eigenvalue weighted by molar-refractivity contribution is 0.384. The molecular weight excluding hydrogens is 527 g/mol. The number of nitrogens with one attached hydrogen (secondary N) is 2. The molecule has 13 nitrogen and oxygen atoms in total. The minimum Gasteiger partial charge on any atom is -0.367 e. The molecule has 1 saturated heterocycles. The average Bonchev–Trinajstić information content (AvgIpc) is 3.61. The van der Waals surface area contributed by atoms with E-state index in [1.165, 1.54) is 6.07 Å². The number of piperazine rings is 1. The number of fused-ring (bicyclic) bond motifs is 1. The quantitative estimate of drug-likeness (QED) is 0.290. The van der Waals surface area contributed by atoms with Gasteiger partial charge in [-0.1, -0.05) is 5.21 Å². The molecule has 1 aliphatic heterocycles. The molecule has 14 heteroatoms. The maximum Gasteiger partial charge on any atom is 0.263 e. The Morgan fingerprint density at radius 1 is 1.12 bits per heavy atom. The molecule has 2 N–H and O–H groups in total. The molecule has 212 valence electrons. The summed E-state index contributed by atoms with van der Waals surface area (Å²) in [5.41, 5.74) is 1.72. The molecule has 0 amide bonds. The maximum absolute atomic E-state index is 15.0. The van der Waals surface area contributed by atoms with Gasteiger partial charge in [-0.05, 0) is 38.4 Å². The average molecular weight is 559 g/mol. The summed E-state index contributed by atoms with van der Waals surface area (Å²) in [6, 6.07) is 6.77. The normalized spacial score (nSPS) is 13.8. The van der Waals surface area contributed by atoms with Gasteiger partial charge in [0, 0.05) is 76.0 Å². The number of aryl methyl sites for hydroxylation is 1. The summed E-state index contributed by atoms with van der Waals surface area (Å²) < 4.78 is 20.0. The zero-order chi connectivity index (χ0) is 28.5. The Labute approximate surface area is 235 Å². The van der Waals surface area contributed by atoms with E-state index in [1.54, 1.807) is 57.8 Å². The highest BCUT2D eigenvalue weighted by atomic mass is 19.1. The molecule has 5 heterocycles. The largest absolute Gasteiger partial charge is 0.367 e. The Balaban J connectivity index is 1.38. The number of hydrogen-bond acceptors (Lipinski definition) is 10. The number of pyridine rings is 1. The molecule has 0 saturated carbocycles. The molecule has 0 unspecified atom stereocenters. The Morgan fingerprint density at radius 2 is 1.95 bits per heavy atom. The SMILES string of the molecule is CN(C)CCn1c(=O)c(-c2nccn2-c2cnnn2C)cc2cnc(Nc3ccc(N4CCNCC4)c(F)c3)nc21. The van der Waals surface area contributed by atoms with Gasteiger partial charge in [0.2, 0.25) is 5.95 Å². The van der Waals surface area contributed by atoms with Crippen LogP contribution in [0.15, 0.2) is 53.8 Å². The molecule has 6 rings (SSSR count). The summed E-state index contributed by atoms with van der Waals surface area (Å²) in [5.74, 6) is 1.08. The predicted molar refractivity (Wildman–Crippen MR) is 154 cm³/mol. The fourth-order valence-corrected chi connectivity index (χ4v) is 4.95. The molecule has 1 aromatic carbocycles. The van der Waals surface area contributed by atoms with Crippen molar-refractivity contribution in [2.24, 2.45) is 7.05 Å². The van der Waals surface area contributed by atoms with Crippen LogP contribution in [0.3, 0.4) is 0 Å². The fourth-order valence-electron chi connectivity index (χ4n) is 4.95. The molecule has 4 aromatic heterocycles. The van der Waals surface area contributed by atoms with Gasteiger partial charge in [-0.25, -0.2) is 19.0 Å². The van der Waals surface area contributed by atoms with Crippen molar-refractivity contribution in [3.05, 3.63) is 65.2 Å². The molecule has 41 heavy (non-hydrogen) atoms. The van der Waals surface area contributed by atoms with Crippen LogP contribution in [0.4, 0.5) is 21.7 Å². The Morgan fingerprint density at radius 3 is 2.68 bits per heavy atom. The first-order chi connectivity index (χ1) is 19.9. The number of aromatic nitrogens is 8. The van der Waals surface area contributed by atoms with E-state index in [0.29, 0.717) is 52.7 Å². The van der Waals surface area contributed by atoms with E-state index in [4.69, 9.17) is 0 Å². The van der Waals surface area contributed by atoms with E-state index in [9.17, 15) is 4.79 Å². The second-order valence-corrected chi connectivity index (χ2v) is 10.2. The van der Waals surface area contributed by atoms with E-state index >= 15 is 4.39 Å². The summed E-state index contributed by atoms with van der Waals surface area (Å²) >= 11 is 0. The van der Waals surface area contributed by atoms with Crippen LogP contribution in [-0.4, -0.2) is 90.8 Å². The van der Waals surface area contributed by atoms with Crippen molar-refractivity contribution in [3.8, 4) is 17.2 Å². The van der Waals surface area contributed by atoms with Crippen LogP contribution in [0.2, 0.25) is 0 Å². The fraction of sp³-hybridized carbons (Fsp3) is 0.333. The monoisotopic (exact) mass is 558 g/mol. The number of imidazole rings is 1. The summed E-state index contributed by atoms with van der Waals surface area (Å²) in [4.78, 5) is 31.6. The first-order valence-corrected chi connectivity index (χ1v) is 13.4. The highest BCUT2D eigenvalue weighted by Gasteiger charge is 2.20. The van der Waals surface area contributed by atoms with Crippen molar-refractivity contribution in [1.82, 2.24) is 49.3 Å². The Kier molecular flexibility index (Phi) is 7.15. The van der Waals surface area contributed by atoms with Gasteiger partial charge in [-0.15, -0.1) is 5.10 Å². The van der Waals surface area contributed by atoms with E-state index in [-0.39, 0.29) is 17.3 Å². The van der Waals surface area contributed by atoms with Crippen LogP contribution < -0.4 is 21.1 Å². The van der Waals surface area contributed by atoms with Crippen LogP contribution in [0.25, 0.3) is 28.2 Å². The lowest BCUT2D eigenvalue weighted by Gasteiger charge is -2.29. The highest BCUT2D eigenvalue weighted by molar-refractivity contribution is 5.81. The second-order valence-electron chi connectivity index (χ2n) is 10.2. The summed E-state index contributed by atoms with van der Waals surface area (Å²) in [7, 11) is 5.66. The standard InChI is InChI=1S/C27H31FN12O/c1-36(2)12-13-40-24-18(14-20(26(40)41)25-30-8-11-39(25)23-17-32-35-37(23)3)16-31-27(34-24)33-19-4-5-22(21(28)15-19)38-9-6-29-7-10-38/h4-5,8,11,14-17,29H,6-7,9-10,12-13H2,1-3H3,(H,31,33,34). The van der Waals surface area contributed by atoms with E-state index in [0.717, 1.165) is 26.2 Å². The van der Waals surface area contributed by atoms with Crippen LogP contribution in [-0.2, 0) is 13.6 Å². The molecule has 0 atom stereocenters. The van der Waals surface area contributed by atoms with Crippen molar-refractivity contribution >= 4 is 28.4 Å². The Hall–Kier alpha value is -4.69. The third-order valence-corrected chi connectivity index (χ3v) is 7.08. The number of hydrogen-bond donors (Lipinski definition) is 2. The number of likely N-dealkylation sites (N-methyl/N-ethyl adjacent to an activating group) is 1. The van der Waals surface area contributed by atoms with Gasteiger partial charge in [0.1, 0.15) is 11.5 Å². The summed E-state index contributed by atoms with van der Waals surface area (Å²) in [6.07, 6.45) is 6.66. The summed E-state index contributed by atoms with van der Waals surface area (Å²) in [5, 5.41) is 15.0. The third kappa shape index (κ3) is 5.26. The van der Waals surface area contributed by atoms with Crippen molar-refractivity contribution in [2.75, 3.05) is 57.0 Å². The zero-order valence-electron chi connectivity index (χ0n) is 23.1. The van der Waals surface area contributed by atoms with E-state index in [1.807, 2.05) is 30.0 Å². The number of anilines is 3. The number of nitrogens with zero attached hydrogens (tertiary/aromatic N) is 10. The van der Waals surface area contributed by atoms with Gasteiger partial charge in [0.15, 0.2) is 11.6 Å². The first-order valence-electron chi connectivity index (χ1n) is 13.4. The lowest BCUT2D eigenvalue weighted by atomic mass is 10.2. The molecule has 1 aliphatic rings. The van der Waals surface area contributed by atoms with Crippen molar-refractivity contribution in [1.29, 1.82) is 0 Å². The van der Waals surface area contributed by atoms with Crippen molar-refractivity contribution in [3.63, 3.8) is 0 Å². The molecule has 0 aliphatic carbocycles. The van der Waals surface area contributed by atoms with Gasteiger partial charge in [-0.3, -0.25) is 13.9 Å². The zero-order valence-corrected chi connectivity index (χ0v) is 23.1. The van der Waals surface area contributed by atoms with Crippen LogP contribution in [0.1, 0.15) is 0 Å². The van der Waals surface area contributed by atoms with E-state index < -0.39 is 0 Å². The molecular formula is C27H31FN12O. The summed E-state index contributed by atoms with van der Waals surface area (Å²) in [6.45, 7) is 4.17. The number of rotatable bonds is 8. The first kappa shape index (κ1) is 26.5. The van der Waals surface area contributed by atoms with Gasteiger partial charge < -0.3 is 20.4 Å². The minimum atomic E-state index is -0.315. The molecule has 1 fully saturated rings. The second kappa shape index (κ2) is 11.1. The highest BCUT2D eigenvalue weighted by Crippen LogP contribution is 2.26. The topological polar surface area (TPSA) is 127 Å². The molecule has 0 spiro atoms. The maximum atomic E-state index is 15.0. The van der Waals surface area contributed by atoms with Crippen LogP contribution in [0.5, 0.6) is 0 Å². The van der Waals surface area contributed by atoms with E-state index in [2.05, 4.69) is 35.9 Å². The Bertz CT molecular complexity index is 1750. The minimum absolute atomic E-state index is 0.238. The molecule has 0 radical (unpaired) electrons. The van der Waals surface area contributed by atoms with Crippen LogP contribution >= 0.6 is 0 Å². The van der Waals surface area contributed by atoms with Crippen molar-refractivity contribution in [2.45, 2.75) is 6.54 Å². The number of benzene rings is 1. The predicted octanol–water partition coefficient (Wildman–Crippen LogP) is 1.63. The van der Waals surface area contributed by atoms with Gasteiger partial charge in [0.25, 0.3) is 5.56 Å². The van der Waals surface area contributed by atoms with Crippen LogP contribution in [0, 0.1) is 5.82 Å². The lowest BCUT2D eigenvalue weighted by Crippen LogP contribution is -2.43. The van der Waals surface area contributed by atoms with Gasteiger partial charge in [0.05, 0.1) is 17.4 Å². The number of halogens is 1. The van der Waals surface area contributed by atoms with Crippen molar-refractivity contribution < 1.29 is 4.39 Å². The van der Waals surface area contributed by atoms with Gasteiger partial charge in [-0.2, -0.15) is 4.98 Å². The molecule has 5 aromatic rings. The third-order valence-electron chi connectivity index (χ3n) is 7.08. The van der Waals surface area contributed by atoms with Gasteiger partial charge >= 0.3 is 0 Å². The smallest absolute Gasteiger partial charge is 0.263 e. The molecule has 0 bridgehead atoms.